The molecule has 1 atom stereocenters. The van der Waals surface area contributed by atoms with Crippen molar-refractivity contribution < 1.29 is 61.8 Å². The van der Waals surface area contributed by atoms with Gasteiger partial charge in [0.05, 0.1) is 65.3 Å². The second-order valence-corrected chi connectivity index (χ2v) is 17.7. The van der Waals surface area contributed by atoms with Crippen molar-refractivity contribution in [2.45, 2.75) is 83.1 Å². The van der Waals surface area contributed by atoms with Gasteiger partial charge in [-0.25, -0.2) is 0 Å². The van der Waals surface area contributed by atoms with Crippen LogP contribution in [-0.2, 0) is 54.1 Å². The maximum absolute atomic E-state index is 13.3. The summed E-state index contributed by atoms with van der Waals surface area (Å²) in [5.41, 5.74) is 7.76. The molecule has 0 radical (unpaired) electrons. The smallest absolute Gasteiger partial charge is 0.395 e. The zero-order valence-electron chi connectivity index (χ0n) is 41.0. The number of nitrogens with zero attached hydrogens (tertiary/aromatic N) is 3. The number of primary amides is 1. The number of nitrogens with one attached hydrogen (secondary N) is 5. The van der Waals surface area contributed by atoms with Crippen molar-refractivity contribution >= 4 is 58.1 Å². The van der Waals surface area contributed by atoms with E-state index in [9.17, 15) is 43.7 Å². The lowest BCUT2D eigenvalue weighted by molar-refractivity contribution is -0.402. The fourth-order valence-electron chi connectivity index (χ4n) is 8.50. The molecule has 3 aromatic rings. The average Bonchev–Trinajstić information content (AvgIpc) is 4.06. The van der Waals surface area contributed by atoms with E-state index in [0.717, 1.165) is 24.4 Å². The molecule has 0 spiro atoms. The van der Waals surface area contributed by atoms with Crippen LogP contribution in [0.3, 0.4) is 0 Å². The first kappa shape index (κ1) is 56.5. The molecule has 72 heavy (non-hydrogen) atoms. The summed E-state index contributed by atoms with van der Waals surface area (Å²) in [6.45, 7) is 5.15. The number of fused-ring (bicyclic) bond motifs is 1. The molecule has 1 aromatic carbocycles. The lowest BCUT2D eigenvalue weighted by Gasteiger charge is -2.37. The number of ether oxygens (including phenoxy) is 4. The molecule has 2 aliphatic heterocycles. The number of amides is 7. The van der Waals surface area contributed by atoms with Gasteiger partial charge >= 0.3 is 5.88 Å². The van der Waals surface area contributed by atoms with Gasteiger partial charge in [0.2, 0.25) is 35.4 Å². The van der Waals surface area contributed by atoms with Crippen LogP contribution in [0.15, 0.2) is 47.0 Å². The molecule has 7 amide bonds. The summed E-state index contributed by atoms with van der Waals surface area (Å²) < 4.78 is 27.0. The van der Waals surface area contributed by atoms with E-state index in [1.54, 1.807) is 4.90 Å². The Hall–Kier alpha value is -6.43. The van der Waals surface area contributed by atoms with Crippen LogP contribution >= 0.6 is 0 Å². The van der Waals surface area contributed by atoms with Crippen LogP contribution in [0.25, 0.3) is 10.9 Å². The minimum absolute atomic E-state index is 0.00338. The van der Waals surface area contributed by atoms with Gasteiger partial charge < -0.3 is 65.1 Å². The van der Waals surface area contributed by atoms with Gasteiger partial charge in [-0.1, -0.05) is 18.2 Å². The number of likely N-dealkylation sites (tertiary alicyclic amines) is 2. The van der Waals surface area contributed by atoms with Gasteiger partial charge in [0.25, 0.3) is 5.91 Å². The van der Waals surface area contributed by atoms with Crippen molar-refractivity contribution in [1.29, 1.82) is 0 Å². The standard InChI is InChI=1S/C49H71N9O14/c50-46(62)40(9-3-4-19-52-48(64)41-11-12-45(72-41)58(66)67)55-43(60)17-26-68-30-32-71-29-21-53-47(63)35-13-24-57(25-14-35)49(65)36-15-22-56(23-16-36)44(61)18-27-69-31-33-70-28-20-51-42(59)10-5-6-37-34-54-39-8-2-1-7-38(37)39/h1-2,7-8,11-12,34-36,40,54H,3-6,9-10,13-33H2,(H2,50,62)(H,51,59)(H,52,64)(H,53,63)(H,55,60). The first-order valence-corrected chi connectivity index (χ1v) is 25.0. The quantitative estimate of drug-likeness (QED) is 0.0290. The van der Waals surface area contributed by atoms with Crippen LogP contribution in [0.5, 0.6) is 0 Å². The van der Waals surface area contributed by atoms with E-state index in [0.29, 0.717) is 104 Å². The van der Waals surface area contributed by atoms with Gasteiger partial charge in [-0.2, -0.15) is 0 Å². The molecular weight excluding hydrogens is 939 g/mol. The highest BCUT2D eigenvalue weighted by molar-refractivity contribution is 5.91. The lowest BCUT2D eigenvalue weighted by atomic mass is 9.91. The number of nitrogens with two attached hydrogens (primary N) is 1. The molecule has 23 heteroatoms. The zero-order chi connectivity index (χ0) is 51.5. The third-order valence-corrected chi connectivity index (χ3v) is 12.6. The summed E-state index contributed by atoms with van der Waals surface area (Å²) in [5.74, 6) is -2.82. The summed E-state index contributed by atoms with van der Waals surface area (Å²) in [4.78, 5) is 104. The summed E-state index contributed by atoms with van der Waals surface area (Å²) >= 11 is 0. The average molecular weight is 1010 g/mol. The minimum Gasteiger partial charge on any atom is -0.395 e. The molecule has 2 saturated heterocycles. The molecule has 2 aliphatic rings. The molecule has 2 aromatic heterocycles. The predicted octanol–water partition coefficient (Wildman–Crippen LogP) is 2.12. The number of piperidine rings is 2. The Labute approximate surface area is 418 Å². The van der Waals surface area contributed by atoms with Crippen LogP contribution < -0.4 is 27.0 Å². The molecule has 7 N–H and O–H groups in total. The number of aryl methyl sites for hydroxylation is 1. The second kappa shape index (κ2) is 31.1. The number of para-hydroxylation sites is 1. The second-order valence-electron chi connectivity index (χ2n) is 17.7. The fourth-order valence-corrected chi connectivity index (χ4v) is 8.50. The maximum atomic E-state index is 13.3. The normalized spacial score (nSPS) is 14.7. The molecule has 1 unspecified atom stereocenters. The molecule has 0 bridgehead atoms. The number of carbonyl (C=O) groups is 7. The van der Waals surface area contributed by atoms with Crippen LogP contribution in [0.1, 0.15) is 86.7 Å². The summed E-state index contributed by atoms with van der Waals surface area (Å²) in [5, 5.41) is 22.8. The molecule has 0 saturated carbocycles. The zero-order valence-corrected chi connectivity index (χ0v) is 41.0. The first-order valence-electron chi connectivity index (χ1n) is 25.0. The number of hydrogen-bond donors (Lipinski definition) is 6. The summed E-state index contributed by atoms with van der Waals surface area (Å²) in [6, 6.07) is 9.51. The Morgan fingerprint density at radius 1 is 0.708 bits per heavy atom. The molecule has 0 aliphatic carbocycles. The highest BCUT2D eigenvalue weighted by Gasteiger charge is 2.33. The largest absolute Gasteiger partial charge is 0.433 e. The molecule has 396 valence electrons. The number of hydrogen-bond acceptors (Lipinski definition) is 14. The highest BCUT2D eigenvalue weighted by atomic mass is 16.6. The number of rotatable bonds is 33. The van der Waals surface area contributed by atoms with Gasteiger partial charge in [0.15, 0.2) is 5.76 Å². The Balaban J connectivity index is 0.786. The Kier molecular flexibility index (Phi) is 24.4. The van der Waals surface area contributed by atoms with Crippen molar-refractivity contribution in [3.05, 3.63) is 64.0 Å². The van der Waals surface area contributed by atoms with Gasteiger partial charge in [0, 0.05) is 87.6 Å². The minimum atomic E-state index is -0.903. The SMILES string of the molecule is NC(=O)C(CCCCNC(=O)c1ccc([N+](=O)[O-])o1)NC(=O)CCOCCOCCNC(=O)C1CCN(C(=O)C2CCN(C(=O)CCOCCOCCNC(=O)CCCc3c[nH]c4ccccc34)CC2)CC1. The van der Waals surface area contributed by atoms with Crippen LogP contribution in [0.2, 0.25) is 0 Å². The molecule has 2 fully saturated rings. The van der Waals surface area contributed by atoms with Gasteiger partial charge in [-0.15, -0.1) is 0 Å². The van der Waals surface area contributed by atoms with E-state index < -0.39 is 34.6 Å². The number of aromatic nitrogens is 1. The van der Waals surface area contributed by atoms with E-state index in [4.69, 9.17) is 29.1 Å². The van der Waals surface area contributed by atoms with E-state index in [1.165, 1.54) is 17.0 Å². The van der Waals surface area contributed by atoms with Crippen molar-refractivity contribution in [1.82, 2.24) is 36.1 Å². The van der Waals surface area contributed by atoms with Crippen LogP contribution in [0.4, 0.5) is 5.88 Å². The number of unbranched alkanes of at least 4 members (excludes halogenated alkanes) is 1. The molecule has 23 nitrogen and oxygen atoms in total. The lowest BCUT2D eigenvalue weighted by Crippen LogP contribution is -2.48. The number of aromatic amines is 1. The first-order chi connectivity index (χ1) is 34.9. The number of carbonyl (C=O) groups excluding carboxylic acids is 7. The topological polar surface area (TPSA) is 309 Å². The summed E-state index contributed by atoms with van der Waals surface area (Å²) in [7, 11) is 0. The Morgan fingerprint density at radius 2 is 1.35 bits per heavy atom. The fraction of sp³-hybridized carbons (Fsp3) is 0.612. The number of furan rings is 1. The monoisotopic (exact) mass is 1010 g/mol. The van der Waals surface area contributed by atoms with Gasteiger partial charge in [-0.3, -0.25) is 43.7 Å². The number of H-pyrrole nitrogens is 1. The summed E-state index contributed by atoms with van der Waals surface area (Å²) in [6.07, 6.45) is 7.77. The Bertz CT molecular complexity index is 2220. The number of benzene rings is 1. The maximum Gasteiger partial charge on any atom is 0.433 e. The number of nitro groups is 1. The van der Waals surface area contributed by atoms with Crippen molar-refractivity contribution in [3.8, 4) is 0 Å². The van der Waals surface area contributed by atoms with Gasteiger partial charge in [0.1, 0.15) is 11.0 Å². The van der Waals surface area contributed by atoms with Crippen LogP contribution in [-0.4, -0.2) is 166 Å². The van der Waals surface area contributed by atoms with E-state index in [1.807, 2.05) is 29.3 Å². The van der Waals surface area contributed by atoms with Crippen molar-refractivity contribution in [2.75, 3.05) is 98.7 Å². The highest BCUT2D eigenvalue weighted by Crippen LogP contribution is 2.25. The molecule has 4 heterocycles. The van der Waals surface area contributed by atoms with Crippen LogP contribution in [0, 0.1) is 22.0 Å². The van der Waals surface area contributed by atoms with E-state index in [-0.39, 0.29) is 100 Å². The van der Waals surface area contributed by atoms with E-state index >= 15 is 0 Å². The van der Waals surface area contributed by atoms with E-state index in [2.05, 4.69) is 32.3 Å². The van der Waals surface area contributed by atoms with Gasteiger partial charge in [-0.05, 0) is 75.5 Å². The molecular formula is C49H71N9O14. The third-order valence-electron chi connectivity index (χ3n) is 12.6. The Morgan fingerprint density at radius 3 is 2.03 bits per heavy atom. The predicted molar refractivity (Wildman–Crippen MR) is 261 cm³/mol. The van der Waals surface area contributed by atoms with Crippen molar-refractivity contribution in [3.63, 3.8) is 0 Å². The van der Waals surface area contributed by atoms with Crippen molar-refractivity contribution in [2.24, 2.45) is 17.6 Å². The molecule has 5 rings (SSSR count). The third kappa shape index (κ3) is 19.6.